The summed E-state index contributed by atoms with van der Waals surface area (Å²) in [4.78, 5) is 9.17. The van der Waals surface area contributed by atoms with Crippen LogP contribution in [0.2, 0.25) is 0 Å². The molecular formula is C17H21ClN4O. The molecule has 2 heterocycles. The molecule has 2 N–H and O–H groups in total. The predicted molar refractivity (Wildman–Crippen MR) is 94.7 cm³/mol. The van der Waals surface area contributed by atoms with Crippen LogP contribution < -0.4 is 5.73 Å². The van der Waals surface area contributed by atoms with Gasteiger partial charge in [-0.1, -0.05) is 18.2 Å². The molecule has 0 saturated heterocycles. The van der Waals surface area contributed by atoms with Gasteiger partial charge in [-0.2, -0.15) is 0 Å². The summed E-state index contributed by atoms with van der Waals surface area (Å²) in [5.41, 5.74) is 8.82. The van der Waals surface area contributed by atoms with Crippen molar-refractivity contribution in [1.29, 1.82) is 0 Å². The highest BCUT2D eigenvalue weighted by Gasteiger charge is 2.16. The Balaban J connectivity index is 2.19. The van der Waals surface area contributed by atoms with Crippen LogP contribution in [0.3, 0.4) is 0 Å². The zero-order valence-corrected chi connectivity index (χ0v) is 14.0. The van der Waals surface area contributed by atoms with Gasteiger partial charge >= 0.3 is 0 Å². The number of para-hydroxylation sites is 1. The van der Waals surface area contributed by atoms with Gasteiger partial charge in [0.2, 0.25) is 0 Å². The fraction of sp³-hybridized carbons (Fsp3) is 0.412. The molecule has 0 spiro atoms. The van der Waals surface area contributed by atoms with E-state index < -0.39 is 0 Å². The lowest BCUT2D eigenvalue weighted by Gasteiger charge is -2.10. The molecule has 0 bridgehead atoms. The summed E-state index contributed by atoms with van der Waals surface area (Å²) in [6.07, 6.45) is 1.96. The second-order valence-corrected chi connectivity index (χ2v) is 5.80. The van der Waals surface area contributed by atoms with Gasteiger partial charge in [-0.15, -0.1) is 11.6 Å². The SMILES string of the molecule is CCOCc1nc2c(N)nc3ccccc3c2n1CCCCCl. The molecule has 0 fully saturated rings. The first-order valence-corrected chi connectivity index (χ1v) is 8.46. The summed E-state index contributed by atoms with van der Waals surface area (Å²) in [6, 6.07) is 8.02. The molecule has 1 aromatic carbocycles. The quantitative estimate of drug-likeness (QED) is 0.529. The average molecular weight is 333 g/mol. The summed E-state index contributed by atoms with van der Waals surface area (Å²) in [5, 5.41) is 1.07. The number of alkyl halides is 1. The van der Waals surface area contributed by atoms with Crippen molar-refractivity contribution in [3.05, 3.63) is 30.1 Å². The minimum atomic E-state index is 0.465. The van der Waals surface area contributed by atoms with Gasteiger partial charge < -0.3 is 15.0 Å². The Kier molecular flexibility index (Phi) is 4.98. The predicted octanol–water partition coefficient (Wildman–Crippen LogP) is 3.72. The van der Waals surface area contributed by atoms with Crippen LogP contribution in [0.5, 0.6) is 0 Å². The lowest BCUT2D eigenvalue weighted by molar-refractivity contribution is 0.126. The van der Waals surface area contributed by atoms with E-state index in [1.165, 1.54) is 0 Å². The van der Waals surface area contributed by atoms with Gasteiger partial charge in [0.25, 0.3) is 0 Å². The number of nitrogens with two attached hydrogens (primary N) is 1. The number of hydrogen-bond acceptors (Lipinski definition) is 4. The number of anilines is 1. The summed E-state index contributed by atoms with van der Waals surface area (Å²) in [7, 11) is 0. The van der Waals surface area contributed by atoms with Crippen molar-refractivity contribution < 1.29 is 4.74 Å². The second-order valence-electron chi connectivity index (χ2n) is 5.42. The third-order valence-electron chi connectivity index (χ3n) is 3.89. The Morgan fingerprint density at radius 3 is 2.83 bits per heavy atom. The van der Waals surface area contributed by atoms with Crippen molar-refractivity contribution in [3.8, 4) is 0 Å². The molecule has 5 nitrogen and oxygen atoms in total. The molecule has 23 heavy (non-hydrogen) atoms. The molecule has 3 rings (SSSR count). The number of halogens is 1. The number of unbranched alkanes of at least 4 members (excludes halogenated alkanes) is 1. The van der Waals surface area contributed by atoms with Gasteiger partial charge in [0.05, 0.1) is 11.0 Å². The second kappa shape index (κ2) is 7.15. The average Bonchev–Trinajstić information content (AvgIpc) is 2.93. The Bertz CT molecular complexity index is 815. The van der Waals surface area contributed by atoms with Crippen LogP contribution in [-0.2, 0) is 17.9 Å². The minimum Gasteiger partial charge on any atom is -0.382 e. The molecule has 0 atom stereocenters. The number of nitrogen functional groups attached to an aromatic ring is 1. The maximum Gasteiger partial charge on any atom is 0.152 e. The monoisotopic (exact) mass is 332 g/mol. The van der Waals surface area contributed by atoms with Gasteiger partial charge in [0, 0.05) is 24.4 Å². The molecule has 6 heteroatoms. The first-order chi connectivity index (χ1) is 11.3. The summed E-state index contributed by atoms with van der Waals surface area (Å²) >= 11 is 5.82. The number of pyridine rings is 1. The number of nitrogens with zero attached hydrogens (tertiary/aromatic N) is 3. The first-order valence-electron chi connectivity index (χ1n) is 7.93. The summed E-state index contributed by atoms with van der Waals surface area (Å²) in [5.74, 6) is 2.02. The number of benzene rings is 1. The van der Waals surface area contributed by atoms with Crippen LogP contribution in [-0.4, -0.2) is 27.0 Å². The third-order valence-corrected chi connectivity index (χ3v) is 4.16. The van der Waals surface area contributed by atoms with Gasteiger partial charge in [0.1, 0.15) is 17.9 Å². The topological polar surface area (TPSA) is 66.0 Å². The van der Waals surface area contributed by atoms with E-state index in [4.69, 9.17) is 27.1 Å². The standard InChI is InChI=1S/C17H21ClN4O/c1-2-23-11-14-21-15-16(22(14)10-6-5-9-18)12-7-3-4-8-13(12)20-17(15)19/h3-4,7-8H,2,5-6,9-11H2,1H3,(H2,19,20). The number of aryl methyl sites for hydroxylation is 1. The number of rotatable bonds is 7. The van der Waals surface area contributed by atoms with E-state index in [-0.39, 0.29) is 0 Å². The first kappa shape index (κ1) is 16.0. The van der Waals surface area contributed by atoms with Crippen LogP contribution in [0.4, 0.5) is 5.82 Å². The maximum absolute atomic E-state index is 6.14. The van der Waals surface area contributed by atoms with Gasteiger partial charge in [-0.25, -0.2) is 9.97 Å². The molecule has 0 saturated carbocycles. The van der Waals surface area contributed by atoms with Crippen LogP contribution in [0.15, 0.2) is 24.3 Å². The van der Waals surface area contributed by atoms with Crippen molar-refractivity contribution in [2.45, 2.75) is 32.9 Å². The van der Waals surface area contributed by atoms with E-state index >= 15 is 0 Å². The van der Waals surface area contributed by atoms with Crippen LogP contribution in [0, 0.1) is 0 Å². The lowest BCUT2D eigenvalue weighted by Crippen LogP contribution is -2.06. The van der Waals surface area contributed by atoms with Gasteiger partial charge in [-0.05, 0) is 25.8 Å². The van der Waals surface area contributed by atoms with Crippen molar-refractivity contribution in [2.24, 2.45) is 0 Å². The number of aromatic nitrogens is 3. The zero-order chi connectivity index (χ0) is 16.2. The normalized spacial score (nSPS) is 11.6. The Labute approximate surface area is 140 Å². The van der Waals surface area contributed by atoms with Crippen LogP contribution >= 0.6 is 11.6 Å². The molecule has 2 aromatic heterocycles. The van der Waals surface area contributed by atoms with E-state index in [0.717, 1.165) is 47.1 Å². The van der Waals surface area contributed by atoms with Crippen molar-refractivity contribution in [2.75, 3.05) is 18.2 Å². The number of imidazole rings is 1. The molecule has 0 aliphatic rings. The third kappa shape index (κ3) is 3.12. The molecule has 0 radical (unpaired) electrons. The molecule has 0 amide bonds. The van der Waals surface area contributed by atoms with Gasteiger partial charge in [0.15, 0.2) is 5.82 Å². The van der Waals surface area contributed by atoms with E-state index in [1.54, 1.807) is 0 Å². The van der Waals surface area contributed by atoms with Gasteiger partial charge in [-0.3, -0.25) is 0 Å². The fourth-order valence-electron chi connectivity index (χ4n) is 2.81. The summed E-state index contributed by atoms with van der Waals surface area (Å²) < 4.78 is 7.78. The lowest BCUT2D eigenvalue weighted by atomic mass is 10.2. The zero-order valence-electron chi connectivity index (χ0n) is 13.3. The summed E-state index contributed by atoms with van der Waals surface area (Å²) in [6.45, 7) is 3.95. The van der Waals surface area contributed by atoms with E-state index in [2.05, 4.69) is 15.6 Å². The van der Waals surface area contributed by atoms with E-state index in [0.29, 0.717) is 24.9 Å². The highest BCUT2D eigenvalue weighted by molar-refractivity contribution is 6.17. The van der Waals surface area contributed by atoms with Crippen LogP contribution in [0.25, 0.3) is 21.9 Å². The maximum atomic E-state index is 6.14. The number of ether oxygens (including phenoxy) is 1. The molecule has 0 aliphatic heterocycles. The van der Waals surface area contributed by atoms with Crippen molar-refractivity contribution in [3.63, 3.8) is 0 Å². The Hall–Kier alpha value is -1.85. The van der Waals surface area contributed by atoms with Crippen molar-refractivity contribution >= 4 is 39.4 Å². The molecule has 122 valence electrons. The number of hydrogen-bond donors (Lipinski definition) is 1. The minimum absolute atomic E-state index is 0.465. The Morgan fingerprint density at radius 2 is 2.04 bits per heavy atom. The van der Waals surface area contributed by atoms with E-state index in [1.807, 2.05) is 25.1 Å². The van der Waals surface area contributed by atoms with E-state index in [9.17, 15) is 0 Å². The van der Waals surface area contributed by atoms with Crippen LogP contribution in [0.1, 0.15) is 25.6 Å². The molecule has 0 aliphatic carbocycles. The Morgan fingerprint density at radius 1 is 1.22 bits per heavy atom. The fourth-order valence-corrected chi connectivity index (χ4v) is 3.00. The van der Waals surface area contributed by atoms with Crippen molar-refractivity contribution in [1.82, 2.24) is 14.5 Å². The molecular weight excluding hydrogens is 312 g/mol. The highest BCUT2D eigenvalue weighted by atomic mass is 35.5. The molecule has 3 aromatic rings. The number of fused-ring (bicyclic) bond motifs is 3. The smallest absolute Gasteiger partial charge is 0.152 e. The largest absolute Gasteiger partial charge is 0.382 e. The molecule has 0 unspecified atom stereocenters. The highest BCUT2D eigenvalue weighted by Crippen LogP contribution is 2.29.